The molecule has 0 unspecified atom stereocenters. The lowest BCUT2D eigenvalue weighted by Gasteiger charge is -2.21. The van der Waals surface area contributed by atoms with Crippen molar-refractivity contribution in [2.45, 2.75) is 6.92 Å². The highest BCUT2D eigenvalue weighted by atomic mass is 35.5. The van der Waals surface area contributed by atoms with Crippen molar-refractivity contribution in [3.8, 4) is 0 Å². The highest BCUT2D eigenvalue weighted by Crippen LogP contribution is 2.22. The van der Waals surface area contributed by atoms with E-state index in [9.17, 15) is 4.79 Å². The van der Waals surface area contributed by atoms with Crippen molar-refractivity contribution >= 4 is 28.9 Å². The van der Waals surface area contributed by atoms with Gasteiger partial charge in [-0.25, -0.2) is 0 Å². The van der Waals surface area contributed by atoms with Gasteiger partial charge in [0, 0.05) is 17.8 Å². The van der Waals surface area contributed by atoms with Gasteiger partial charge in [0.15, 0.2) is 0 Å². The maximum atomic E-state index is 12.5. The number of nitrogens with zero attached hydrogens (tertiary/aromatic N) is 1. The van der Waals surface area contributed by atoms with Crippen LogP contribution in [0.25, 0.3) is 0 Å². The molecule has 0 aliphatic heterocycles. The number of rotatable bonds is 3. The van der Waals surface area contributed by atoms with Crippen LogP contribution >= 0.6 is 11.6 Å². The lowest BCUT2D eigenvalue weighted by atomic mass is 10.1. The molecule has 98 valence electrons. The van der Waals surface area contributed by atoms with E-state index < -0.39 is 0 Å². The van der Waals surface area contributed by atoms with Gasteiger partial charge in [0.05, 0.1) is 10.7 Å². The van der Waals surface area contributed by atoms with Crippen molar-refractivity contribution in [2.24, 2.45) is 0 Å². The molecular formula is C15H15ClN2O. The van der Waals surface area contributed by atoms with Gasteiger partial charge >= 0.3 is 0 Å². The lowest BCUT2D eigenvalue weighted by Crippen LogP contribution is -2.30. The largest absolute Gasteiger partial charge is 0.398 e. The molecule has 4 heteroatoms. The first-order chi connectivity index (χ1) is 9.13. The highest BCUT2D eigenvalue weighted by Gasteiger charge is 2.16. The third-order valence-electron chi connectivity index (χ3n) is 2.87. The van der Waals surface area contributed by atoms with Gasteiger partial charge in [-0.3, -0.25) is 4.79 Å². The molecule has 3 nitrogen and oxygen atoms in total. The summed E-state index contributed by atoms with van der Waals surface area (Å²) in [6.45, 7) is 2.52. The number of amides is 1. The standard InChI is InChI=1S/C15H15ClN2O/c1-2-18(12-6-4-3-5-7-12)15(19)11-8-9-13(16)14(17)10-11/h3-10H,2,17H2,1H3. The van der Waals surface area contributed by atoms with Gasteiger partial charge in [-0.05, 0) is 37.3 Å². The zero-order valence-corrected chi connectivity index (χ0v) is 11.4. The monoisotopic (exact) mass is 274 g/mol. The molecule has 2 aromatic carbocycles. The molecule has 2 N–H and O–H groups in total. The zero-order valence-electron chi connectivity index (χ0n) is 10.6. The number of hydrogen-bond acceptors (Lipinski definition) is 2. The molecule has 0 spiro atoms. The van der Waals surface area contributed by atoms with Gasteiger partial charge in [-0.15, -0.1) is 0 Å². The van der Waals surface area contributed by atoms with E-state index in [4.69, 9.17) is 17.3 Å². The predicted octanol–water partition coefficient (Wildman–Crippen LogP) is 3.59. The smallest absolute Gasteiger partial charge is 0.258 e. The van der Waals surface area contributed by atoms with Crippen LogP contribution in [0.5, 0.6) is 0 Å². The summed E-state index contributed by atoms with van der Waals surface area (Å²) in [4.78, 5) is 14.2. The molecular weight excluding hydrogens is 260 g/mol. The quantitative estimate of drug-likeness (QED) is 0.870. The fraction of sp³-hybridized carbons (Fsp3) is 0.133. The first kappa shape index (κ1) is 13.4. The molecule has 19 heavy (non-hydrogen) atoms. The molecule has 1 amide bonds. The minimum absolute atomic E-state index is 0.0860. The van der Waals surface area contributed by atoms with E-state index in [-0.39, 0.29) is 5.91 Å². The third kappa shape index (κ3) is 2.88. The van der Waals surface area contributed by atoms with Gasteiger partial charge in [0.2, 0.25) is 0 Å². The SMILES string of the molecule is CCN(C(=O)c1ccc(Cl)c(N)c1)c1ccccc1. The highest BCUT2D eigenvalue weighted by molar-refractivity contribution is 6.33. The Bertz CT molecular complexity index is 584. The minimum Gasteiger partial charge on any atom is -0.398 e. The summed E-state index contributed by atoms with van der Waals surface area (Å²) in [5.41, 5.74) is 7.55. The van der Waals surface area contributed by atoms with Crippen LogP contribution in [0.15, 0.2) is 48.5 Å². The van der Waals surface area contributed by atoms with E-state index in [1.807, 2.05) is 37.3 Å². The van der Waals surface area contributed by atoms with Crippen molar-refractivity contribution in [3.05, 3.63) is 59.1 Å². The topological polar surface area (TPSA) is 46.3 Å². The number of benzene rings is 2. The first-order valence-electron chi connectivity index (χ1n) is 6.05. The average Bonchev–Trinajstić information content (AvgIpc) is 2.44. The van der Waals surface area contributed by atoms with Crippen molar-refractivity contribution in [1.29, 1.82) is 0 Å². The Balaban J connectivity index is 2.33. The zero-order chi connectivity index (χ0) is 13.8. The van der Waals surface area contributed by atoms with E-state index >= 15 is 0 Å². The summed E-state index contributed by atoms with van der Waals surface area (Å²) < 4.78 is 0. The molecule has 0 bridgehead atoms. The molecule has 0 aromatic heterocycles. The van der Waals surface area contributed by atoms with E-state index in [0.29, 0.717) is 22.8 Å². The van der Waals surface area contributed by atoms with Crippen LogP contribution in [0, 0.1) is 0 Å². The van der Waals surface area contributed by atoms with Gasteiger partial charge in [-0.1, -0.05) is 29.8 Å². The summed E-state index contributed by atoms with van der Waals surface area (Å²) in [5.74, 6) is -0.0860. The molecule has 0 saturated carbocycles. The summed E-state index contributed by atoms with van der Waals surface area (Å²) in [6, 6.07) is 14.5. The Morgan fingerprint density at radius 1 is 1.21 bits per heavy atom. The number of nitrogens with two attached hydrogens (primary N) is 1. The van der Waals surface area contributed by atoms with Crippen molar-refractivity contribution in [1.82, 2.24) is 0 Å². The predicted molar refractivity (Wildman–Crippen MR) is 79.7 cm³/mol. The number of anilines is 2. The molecule has 0 aliphatic carbocycles. The van der Waals surface area contributed by atoms with Crippen LogP contribution in [0.4, 0.5) is 11.4 Å². The van der Waals surface area contributed by atoms with Crippen LogP contribution in [0.3, 0.4) is 0 Å². The molecule has 0 heterocycles. The number of halogens is 1. The number of carbonyl (C=O) groups is 1. The molecule has 0 atom stereocenters. The number of para-hydroxylation sites is 1. The van der Waals surface area contributed by atoms with Crippen LogP contribution in [-0.4, -0.2) is 12.5 Å². The summed E-state index contributed by atoms with van der Waals surface area (Å²) >= 11 is 5.87. The minimum atomic E-state index is -0.0860. The fourth-order valence-electron chi connectivity index (χ4n) is 1.88. The second-order valence-electron chi connectivity index (χ2n) is 4.12. The third-order valence-corrected chi connectivity index (χ3v) is 3.22. The van der Waals surface area contributed by atoms with Gasteiger partial charge in [0.25, 0.3) is 5.91 Å². The molecule has 2 rings (SSSR count). The van der Waals surface area contributed by atoms with Crippen molar-refractivity contribution in [2.75, 3.05) is 17.2 Å². The van der Waals surface area contributed by atoms with Crippen LogP contribution in [0.1, 0.15) is 17.3 Å². The van der Waals surface area contributed by atoms with Gasteiger partial charge < -0.3 is 10.6 Å². The van der Waals surface area contributed by atoms with E-state index in [1.165, 1.54) is 0 Å². The summed E-state index contributed by atoms with van der Waals surface area (Å²) in [7, 11) is 0. The van der Waals surface area contributed by atoms with E-state index in [0.717, 1.165) is 5.69 Å². The Morgan fingerprint density at radius 2 is 1.89 bits per heavy atom. The number of nitrogen functional groups attached to an aromatic ring is 1. The average molecular weight is 275 g/mol. The maximum Gasteiger partial charge on any atom is 0.258 e. The number of hydrogen-bond donors (Lipinski definition) is 1. The molecule has 2 aromatic rings. The Hall–Kier alpha value is -2.00. The van der Waals surface area contributed by atoms with Gasteiger partial charge in [-0.2, -0.15) is 0 Å². The summed E-state index contributed by atoms with van der Waals surface area (Å²) in [6.07, 6.45) is 0. The van der Waals surface area contributed by atoms with Crippen LogP contribution < -0.4 is 10.6 Å². The summed E-state index contributed by atoms with van der Waals surface area (Å²) in [5, 5.41) is 0.458. The molecule has 0 saturated heterocycles. The fourth-order valence-corrected chi connectivity index (χ4v) is 2.00. The van der Waals surface area contributed by atoms with Crippen molar-refractivity contribution < 1.29 is 4.79 Å². The second-order valence-corrected chi connectivity index (χ2v) is 4.53. The second kappa shape index (κ2) is 5.76. The Kier molecular flexibility index (Phi) is 4.07. The molecule has 0 radical (unpaired) electrons. The first-order valence-corrected chi connectivity index (χ1v) is 6.43. The van der Waals surface area contributed by atoms with E-state index in [2.05, 4.69) is 0 Å². The molecule has 0 fully saturated rings. The van der Waals surface area contributed by atoms with Crippen molar-refractivity contribution in [3.63, 3.8) is 0 Å². The van der Waals surface area contributed by atoms with E-state index in [1.54, 1.807) is 23.1 Å². The lowest BCUT2D eigenvalue weighted by molar-refractivity contribution is 0.0988. The van der Waals surface area contributed by atoms with Crippen LogP contribution in [-0.2, 0) is 0 Å². The van der Waals surface area contributed by atoms with Crippen LogP contribution in [0.2, 0.25) is 5.02 Å². The number of carbonyl (C=O) groups excluding carboxylic acids is 1. The maximum absolute atomic E-state index is 12.5. The van der Waals surface area contributed by atoms with Gasteiger partial charge in [0.1, 0.15) is 0 Å². The normalized spacial score (nSPS) is 10.2. The Labute approximate surface area is 117 Å². The Morgan fingerprint density at radius 3 is 2.47 bits per heavy atom. The molecule has 0 aliphatic rings.